The molecule has 0 aromatic carbocycles. The fourth-order valence-corrected chi connectivity index (χ4v) is 2.53. The Balaban J connectivity index is 2.25. The number of amides is 1. The van der Waals surface area contributed by atoms with Gasteiger partial charge in [0.15, 0.2) is 0 Å². The summed E-state index contributed by atoms with van der Waals surface area (Å²) >= 11 is 0. The molecule has 1 unspecified atom stereocenters. The van der Waals surface area contributed by atoms with Gasteiger partial charge in [0.1, 0.15) is 6.04 Å². The van der Waals surface area contributed by atoms with E-state index in [0.717, 1.165) is 6.42 Å². The smallest absolute Gasteiger partial charge is 0.328 e. The quantitative estimate of drug-likeness (QED) is 0.598. The predicted molar refractivity (Wildman–Crippen MR) is 54.0 cm³/mol. The van der Waals surface area contributed by atoms with Gasteiger partial charge in [-0.3, -0.25) is 4.79 Å². The van der Waals surface area contributed by atoms with Crippen LogP contribution >= 0.6 is 0 Å². The van der Waals surface area contributed by atoms with Crippen molar-refractivity contribution in [3.05, 3.63) is 12.2 Å². The molecule has 3 atom stereocenters. The predicted octanol–water partition coefficient (Wildman–Crippen LogP) is 0.725. The summed E-state index contributed by atoms with van der Waals surface area (Å²) in [6, 6.07) is -0.209. The number of carbonyl (C=O) groups is 2. The molecule has 1 amide bonds. The summed E-state index contributed by atoms with van der Waals surface area (Å²) in [4.78, 5) is 24.9. The van der Waals surface area contributed by atoms with E-state index in [1.165, 1.54) is 7.11 Å². The van der Waals surface area contributed by atoms with Crippen LogP contribution in [0.25, 0.3) is 0 Å². The van der Waals surface area contributed by atoms with Crippen LogP contribution < -0.4 is 0 Å². The fraction of sp³-hybridized carbons (Fsp3) is 0.636. The van der Waals surface area contributed by atoms with Gasteiger partial charge in [0, 0.05) is 6.04 Å². The largest absolute Gasteiger partial charge is 0.467 e. The highest BCUT2D eigenvalue weighted by atomic mass is 16.5. The van der Waals surface area contributed by atoms with Crippen molar-refractivity contribution < 1.29 is 14.3 Å². The van der Waals surface area contributed by atoms with Gasteiger partial charge in [0.05, 0.1) is 7.11 Å². The van der Waals surface area contributed by atoms with E-state index >= 15 is 0 Å². The minimum absolute atomic E-state index is 0.0639. The maximum Gasteiger partial charge on any atom is 0.328 e. The van der Waals surface area contributed by atoms with E-state index in [0.29, 0.717) is 12.3 Å². The Labute approximate surface area is 88.9 Å². The Morgan fingerprint density at radius 1 is 1.60 bits per heavy atom. The molecule has 0 bridgehead atoms. The molecule has 0 aromatic heterocycles. The summed E-state index contributed by atoms with van der Waals surface area (Å²) in [6.07, 6.45) is 5.00. The van der Waals surface area contributed by atoms with Gasteiger partial charge < -0.3 is 9.64 Å². The first kappa shape index (κ1) is 10.2. The van der Waals surface area contributed by atoms with Gasteiger partial charge in [0.2, 0.25) is 5.91 Å². The summed E-state index contributed by atoms with van der Waals surface area (Å²) < 4.78 is 4.72. The number of carbonyl (C=O) groups excluding carboxylic acids is 2. The molecule has 2 aliphatic heterocycles. The minimum atomic E-state index is -0.382. The molecule has 4 heteroatoms. The lowest BCUT2D eigenvalue weighted by molar-refractivity contribution is -0.150. The maximum atomic E-state index is 11.7. The van der Waals surface area contributed by atoms with Crippen molar-refractivity contribution in [2.45, 2.75) is 31.8 Å². The van der Waals surface area contributed by atoms with Crippen LogP contribution in [0, 0.1) is 5.92 Å². The normalized spacial score (nSPS) is 34.1. The van der Waals surface area contributed by atoms with Crippen molar-refractivity contribution >= 4 is 11.9 Å². The summed E-state index contributed by atoms with van der Waals surface area (Å²) in [5.41, 5.74) is 0. The first-order valence-corrected chi connectivity index (χ1v) is 5.21. The van der Waals surface area contributed by atoms with E-state index in [9.17, 15) is 9.59 Å². The second kappa shape index (κ2) is 3.68. The molecule has 1 saturated heterocycles. The molecule has 82 valence electrons. The SMILES string of the molecule is COC(=O)[C@@H]1C[C@H](C)C2CC=CC(=O)N21. The summed E-state index contributed by atoms with van der Waals surface area (Å²) in [5.74, 6) is 0.00185. The standard InChI is InChI=1S/C11H15NO3/c1-7-6-9(11(14)15-2)12-8(7)4-3-5-10(12)13/h3,5,7-9H,4,6H2,1-2H3/t7-,8?,9-/m0/s1. The van der Waals surface area contributed by atoms with Gasteiger partial charge in [-0.15, -0.1) is 0 Å². The van der Waals surface area contributed by atoms with Gasteiger partial charge in [-0.05, 0) is 24.8 Å². The molecule has 4 nitrogen and oxygen atoms in total. The second-order valence-corrected chi connectivity index (χ2v) is 4.20. The highest BCUT2D eigenvalue weighted by Gasteiger charge is 2.45. The number of fused-ring (bicyclic) bond motifs is 1. The fourth-order valence-electron chi connectivity index (χ4n) is 2.53. The van der Waals surface area contributed by atoms with E-state index in [4.69, 9.17) is 4.74 Å². The zero-order chi connectivity index (χ0) is 11.0. The van der Waals surface area contributed by atoms with Crippen LogP contribution in [0.5, 0.6) is 0 Å². The summed E-state index contributed by atoms with van der Waals surface area (Å²) in [5, 5.41) is 0. The number of ether oxygens (including phenoxy) is 1. The van der Waals surface area contributed by atoms with Crippen LogP contribution in [-0.4, -0.2) is 36.0 Å². The van der Waals surface area contributed by atoms with Crippen molar-refractivity contribution in [3.8, 4) is 0 Å². The second-order valence-electron chi connectivity index (χ2n) is 4.20. The van der Waals surface area contributed by atoms with Crippen LogP contribution in [0.2, 0.25) is 0 Å². The number of nitrogens with zero attached hydrogens (tertiary/aromatic N) is 1. The number of methoxy groups -OCH3 is 1. The third-order valence-corrected chi connectivity index (χ3v) is 3.31. The van der Waals surface area contributed by atoms with Gasteiger partial charge in [-0.2, -0.15) is 0 Å². The Morgan fingerprint density at radius 3 is 3.00 bits per heavy atom. The molecule has 0 radical (unpaired) electrons. The van der Waals surface area contributed by atoms with Crippen LogP contribution in [0.3, 0.4) is 0 Å². The molecule has 2 rings (SSSR count). The molecular formula is C11H15NO3. The molecule has 0 saturated carbocycles. The van der Waals surface area contributed by atoms with Crippen molar-refractivity contribution in [1.29, 1.82) is 0 Å². The molecule has 0 aliphatic carbocycles. The zero-order valence-corrected chi connectivity index (χ0v) is 8.97. The highest BCUT2D eigenvalue weighted by Crippen LogP contribution is 2.34. The lowest BCUT2D eigenvalue weighted by Crippen LogP contribution is -2.46. The third-order valence-electron chi connectivity index (χ3n) is 3.31. The highest BCUT2D eigenvalue weighted by molar-refractivity contribution is 5.93. The van der Waals surface area contributed by atoms with Crippen molar-refractivity contribution in [3.63, 3.8) is 0 Å². The van der Waals surface area contributed by atoms with Crippen molar-refractivity contribution in [2.75, 3.05) is 7.11 Å². The average molecular weight is 209 g/mol. The Bertz CT molecular complexity index is 324. The number of rotatable bonds is 1. The maximum absolute atomic E-state index is 11.7. The summed E-state index contributed by atoms with van der Waals surface area (Å²) in [6.45, 7) is 2.08. The van der Waals surface area contributed by atoms with Gasteiger partial charge >= 0.3 is 5.97 Å². The van der Waals surface area contributed by atoms with E-state index in [-0.39, 0.29) is 24.0 Å². The molecule has 1 fully saturated rings. The van der Waals surface area contributed by atoms with Crippen LogP contribution in [0.4, 0.5) is 0 Å². The first-order chi connectivity index (χ1) is 7.15. The van der Waals surface area contributed by atoms with E-state index < -0.39 is 0 Å². The molecule has 2 aliphatic rings. The molecule has 0 aromatic rings. The third kappa shape index (κ3) is 1.54. The van der Waals surface area contributed by atoms with Crippen LogP contribution in [0.1, 0.15) is 19.8 Å². The van der Waals surface area contributed by atoms with E-state index in [1.807, 2.05) is 6.08 Å². The molecule has 15 heavy (non-hydrogen) atoms. The molecular weight excluding hydrogens is 194 g/mol. The molecule has 0 N–H and O–H groups in total. The topological polar surface area (TPSA) is 46.6 Å². The Morgan fingerprint density at radius 2 is 2.33 bits per heavy atom. The Kier molecular flexibility index (Phi) is 2.50. The number of esters is 1. The Hall–Kier alpha value is -1.32. The van der Waals surface area contributed by atoms with Gasteiger partial charge in [0.25, 0.3) is 0 Å². The van der Waals surface area contributed by atoms with Gasteiger partial charge in [-0.25, -0.2) is 4.79 Å². The average Bonchev–Trinajstić information content (AvgIpc) is 2.57. The molecule has 0 spiro atoms. The van der Waals surface area contributed by atoms with E-state index in [1.54, 1.807) is 11.0 Å². The lowest BCUT2D eigenvalue weighted by Gasteiger charge is -2.30. The monoisotopic (exact) mass is 209 g/mol. The number of hydrogen-bond acceptors (Lipinski definition) is 3. The minimum Gasteiger partial charge on any atom is -0.467 e. The van der Waals surface area contributed by atoms with Crippen LogP contribution in [-0.2, 0) is 14.3 Å². The summed E-state index contributed by atoms with van der Waals surface area (Å²) in [7, 11) is 1.37. The van der Waals surface area contributed by atoms with Gasteiger partial charge in [-0.1, -0.05) is 13.0 Å². The molecule has 2 heterocycles. The van der Waals surface area contributed by atoms with E-state index in [2.05, 4.69) is 6.92 Å². The zero-order valence-electron chi connectivity index (χ0n) is 8.97. The lowest BCUT2D eigenvalue weighted by atomic mass is 9.97. The van der Waals surface area contributed by atoms with Crippen molar-refractivity contribution in [1.82, 2.24) is 4.90 Å². The first-order valence-electron chi connectivity index (χ1n) is 5.21. The number of hydrogen-bond donors (Lipinski definition) is 0. The van der Waals surface area contributed by atoms with Crippen LogP contribution in [0.15, 0.2) is 12.2 Å². The van der Waals surface area contributed by atoms with Crippen molar-refractivity contribution in [2.24, 2.45) is 5.92 Å².